The van der Waals surface area contributed by atoms with Crippen LogP contribution in [0.4, 0.5) is 5.82 Å². The van der Waals surface area contributed by atoms with E-state index in [9.17, 15) is 8.42 Å². The van der Waals surface area contributed by atoms with E-state index in [1.165, 1.54) is 23.5 Å². The number of anilines is 1. The fraction of sp³-hybridized carbons (Fsp3) is 0.417. The molecule has 0 amide bonds. The molecule has 184 valence electrons. The minimum absolute atomic E-state index is 0.0848. The highest BCUT2D eigenvalue weighted by molar-refractivity contribution is 7.88. The van der Waals surface area contributed by atoms with Gasteiger partial charge in [-0.15, -0.1) is 0 Å². The maximum atomic E-state index is 11.8. The van der Waals surface area contributed by atoms with E-state index in [0.29, 0.717) is 24.6 Å². The SMILES string of the molecule is Cc1cccc2cc(C(C)Nc3ncnc4nc[nH]c34)nc(CCN3CCN(S(C)(=O)=O)CC3)c12. The minimum atomic E-state index is -3.13. The predicted octanol–water partition coefficient (Wildman–Crippen LogP) is 2.50. The van der Waals surface area contributed by atoms with Gasteiger partial charge in [0, 0.05) is 44.5 Å². The van der Waals surface area contributed by atoms with E-state index < -0.39 is 10.0 Å². The molecule has 0 spiro atoms. The van der Waals surface area contributed by atoms with Gasteiger partial charge < -0.3 is 15.2 Å². The molecular formula is C24H30N8O2S. The molecule has 1 aromatic carbocycles. The summed E-state index contributed by atoms with van der Waals surface area (Å²) in [5, 5.41) is 5.81. The summed E-state index contributed by atoms with van der Waals surface area (Å²) in [6, 6.07) is 8.38. The number of aromatic nitrogens is 5. The Kier molecular flexibility index (Phi) is 6.39. The predicted molar refractivity (Wildman–Crippen MR) is 137 cm³/mol. The minimum Gasteiger partial charge on any atom is -0.360 e. The summed E-state index contributed by atoms with van der Waals surface area (Å²) in [6.07, 6.45) is 5.19. The summed E-state index contributed by atoms with van der Waals surface area (Å²) >= 11 is 0. The van der Waals surface area contributed by atoms with Gasteiger partial charge in [-0.1, -0.05) is 18.2 Å². The van der Waals surface area contributed by atoms with Crippen LogP contribution in [0.3, 0.4) is 0 Å². The number of benzene rings is 1. The lowest BCUT2D eigenvalue weighted by Gasteiger charge is -2.33. The number of rotatable bonds is 7. The maximum absolute atomic E-state index is 11.8. The number of hydrogen-bond donors (Lipinski definition) is 2. The number of pyridine rings is 1. The Hall–Kier alpha value is -3.15. The van der Waals surface area contributed by atoms with Crippen LogP contribution in [0.5, 0.6) is 0 Å². The molecule has 1 fully saturated rings. The number of aryl methyl sites for hydroxylation is 1. The molecule has 1 aliphatic rings. The number of aromatic amines is 1. The fourth-order valence-electron chi connectivity index (χ4n) is 4.71. The van der Waals surface area contributed by atoms with Crippen LogP contribution in [-0.2, 0) is 16.4 Å². The van der Waals surface area contributed by atoms with Crippen LogP contribution in [0.15, 0.2) is 36.9 Å². The maximum Gasteiger partial charge on any atom is 0.211 e. The second-order valence-electron chi connectivity index (χ2n) is 9.11. The van der Waals surface area contributed by atoms with Crippen molar-refractivity contribution in [3.63, 3.8) is 0 Å². The van der Waals surface area contributed by atoms with Crippen LogP contribution < -0.4 is 5.32 Å². The van der Waals surface area contributed by atoms with Crippen LogP contribution in [0.1, 0.15) is 29.9 Å². The van der Waals surface area contributed by atoms with Gasteiger partial charge in [0.15, 0.2) is 11.5 Å². The van der Waals surface area contributed by atoms with Crippen molar-refractivity contribution in [2.24, 2.45) is 0 Å². The van der Waals surface area contributed by atoms with E-state index in [1.807, 2.05) is 0 Å². The zero-order valence-corrected chi connectivity index (χ0v) is 21.0. The normalized spacial score (nSPS) is 16.7. The van der Waals surface area contributed by atoms with Crippen molar-refractivity contribution >= 4 is 37.8 Å². The summed E-state index contributed by atoms with van der Waals surface area (Å²) in [6.45, 7) is 7.56. The third kappa shape index (κ3) is 4.97. The number of hydrogen-bond acceptors (Lipinski definition) is 8. The molecule has 4 heterocycles. The van der Waals surface area contributed by atoms with Crippen LogP contribution in [0.25, 0.3) is 21.9 Å². The van der Waals surface area contributed by atoms with Gasteiger partial charge in [-0.2, -0.15) is 4.31 Å². The number of piperazine rings is 1. The van der Waals surface area contributed by atoms with Crippen LogP contribution in [0, 0.1) is 6.92 Å². The monoisotopic (exact) mass is 494 g/mol. The van der Waals surface area contributed by atoms with Crippen LogP contribution in [-0.4, -0.2) is 81.5 Å². The molecule has 10 nitrogen and oxygen atoms in total. The van der Waals surface area contributed by atoms with E-state index >= 15 is 0 Å². The molecule has 1 saturated heterocycles. The summed E-state index contributed by atoms with van der Waals surface area (Å²) in [7, 11) is -3.13. The van der Waals surface area contributed by atoms with E-state index in [0.717, 1.165) is 48.3 Å². The second kappa shape index (κ2) is 9.48. The first-order valence-electron chi connectivity index (χ1n) is 11.8. The molecule has 0 saturated carbocycles. The van der Waals surface area contributed by atoms with E-state index in [4.69, 9.17) is 4.98 Å². The Morgan fingerprint density at radius 3 is 2.71 bits per heavy atom. The summed E-state index contributed by atoms with van der Waals surface area (Å²) in [5.74, 6) is 0.691. The Balaban J connectivity index is 1.38. The number of nitrogens with zero attached hydrogens (tertiary/aromatic N) is 6. The highest BCUT2D eigenvalue weighted by atomic mass is 32.2. The van der Waals surface area contributed by atoms with Gasteiger partial charge in [-0.25, -0.2) is 23.4 Å². The average molecular weight is 495 g/mol. The Morgan fingerprint density at radius 1 is 1.14 bits per heavy atom. The van der Waals surface area contributed by atoms with Gasteiger partial charge in [-0.05, 0) is 30.9 Å². The quantitative estimate of drug-likeness (QED) is 0.402. The fourth-order valence-corrected chi connectivity index (χ4v) is 5.54. The van der Waals surface area contributed by atoms with Gasteiger partial charge in [0.2, 0.25) is 10.0 Å². The highest BCUT2D eigenvalue weighted by Gasteiger charge is 2.23. The van der Waals surface area contributed by atoms with Crippen LogP contribution in [0.2, 0.25) is 0 Å². The topological polar surface area (TPSA) is 120 Å². The van der Waals surface area contributed by atoms with Gasteiger partial charge in [0.05, 0.1) is 30.0 Å². The third-order valence-corrected chi connectivity index (χ3v) is 7.95. The van der Waals surface area contributed by atoms with Crippen molar-refractivity contribution in [3.05, 3.63) is 53.9 Å². The van der Waals surface area contributed by atoms with Gasteiger partial charge in [0.25, 0.3) is 0 Å². The summed E-state index contributed by atoms with van der Waals surface area (Å²) in [5.41, 5.74) is 4.59. The smallest absolute Gasteiger partial charge is 0.211 e. The molecule has 0 radical (unpaired) electrons. The number of sulfonamides is 1. The molecular weight excluding hydrogens is 464 g/mol. The molecule has 0 bridgehead atoms. The molecule has 2 N–H and O–H groups in total. The van der Waals surface area contributed by atoms with Gasteiger partial charge in [0.1, 0.15) is 11.8 Å². The average Bonchev–Trinajstić information content (AvgIpc) is 3.32. The lowest BCUT2D eigenvalue weighted by Crippen LogP contribution is -2.48. The van der Waals surface area contributed by atoms with Crippen molar-refractivity contribution in [1.29, 1.82) is 0 Å². The molecule has 3 aromatic heterocycles. The molecule has 1 unspecified atom stereocenters. The summed E-state index contributed by atoms with van der Waals surface area (Å²) in [4.78, 5) is 23.3. The van der Waals surface area contributed by atoms with Crippen molar-refractivity contribution in [2.75, 3.05) is 44.3 Å². The third-order valence-electron chi connectivity index (χ3n) is 6.65. The molecule has 0 aliphatic carbocycles. The first kappa shape index (κ1) is 23.6. The zero-order chi connectivity index (χ0) is 24.6. The number of nitrogens with one attached hydrogen (secondary N) is 2. The van der Waals surface area contributed by atoms with E-state index in [2.05, 4.69) is 68.3 Å². The van der Waals surface area contributed by atoms with Crippen molar-refractivity contribution < 1.29 is 8.42 Å². The Bertz CT molecular complexity index is 1460. The van der Waals surface area contributed by atoms with Crippen molar-refractivity contribution in [1.82, 2.24) is 34.1 Å². The van der Waals surface area contributed by atoms with Crippen molar-refractivity contribution in [3.8, 4) is 0 Å². The number of H-pyrrole nitrogens is 1. The largest absolute Gasteiger partial charge is 0.360 e. The second-order valence-corrected chi connectivity index (χ2v) is 11.1. The lowest BCUT2D eigenvalue weighted by atomic mass is 10.00. The summed E-state index contributed by atoms with van der Waals surface area (Å²) < 4.78 is 25.2. The van der Waals surface area contributed by atoms with E-state index in [1.54, 1.807) is 10.6 Å². The molecule has 5 rings (SSSR count). The molecule has 1 atom stereocenters. The Labute approximate surface area is 204 Å². The zero-order valence-electron chi connectivity index (χ0n) is 20.2. The first-order chi connectivity index (χ1) is 16.8. The van der Waals surface area contributed by atoms with Gasteiger partial charge in [-0.3, -0.25) is 4.98 Å². The molecule has 35 heavy (non-hydrogen) atoms. The standard InChI is InChI=1S/C24H30N8O2S/c1-16-5-4-6-18-13-20(17(2)29-24-22-23(26-14-25-22)27-15-28-24)30-19(21(16)18)7-8-31-9-11-32(12-10-31)35(3,33)34/h4-6,13-15,17H,7-12H2,1-3H3,(H2,25,26,27,28,29). The highest BCUT2D eigenvalue weighted by Crippen LogP contribution is 2.27. The van der Waals surface area contributed by atoms with Crippen LogP contribution >= 0.6 is 0 Å². The van der Waals surface area contributed by atoms with Gasteiger partial charge >= 0.3 is 0 Å². The molecule has 4 aromatic rings. The number of imidazole rings is 1. The van der Waals surface area contributed by atoms with E-state index in [-0.39, 0.29) is 6.04 Å². The van der Waals surface area contributed by atoms with Crippen molar-refractivity contribution in [2.45, 2.75) is 26.3 Å². The lowest BCUT2D eigenvalue weighted by molar-refractivity contribution is 0.190. The Morgan fingerprint density at radius 2 is 1.94 bits per heavy atom. The molecule has 1 aliphatic heterocycles. The molecule has 11 heteroatoms. The number of fused-ring (bicyclic) bond motifs is 2. The first-order valence-corrected chi connectivity index (χ1v) is 13.6.